The molecule has 70 valence electrons. The summed E-state index contributed by atoms with van der Waals surface area (Å²) >= 11 is 3.09. The number of anilines is 1. The maximum Gasteiger partial charge on any atom is 0.305 e. The van der Waals surface area contributed by atoms with Crippen LogP contribution < -0.4 is 15.3 Å². The smallest absolute Gasteiger partial charge is 0.305 e. The summed E-state index contributed by atoms with van der Waals surface area (Å²) in [6, 6.07) is 1.28. The van der Waals surface area contributed by atoms with Crippen molar-refractivity contribution in [3.8, 4) is 0 Å². The Balaban J connectivity index is 3.28. The van der Waals surface area contributed by atoms with E-state index in [1.165, 1.54) is 24.1 Å². The van der Waals surface area contributed by atoms with Gasteiger partial charge >= 0.3 is 10.3 Å². The van der Waals surface area contributed by atoms with E-state index in [2.05, 4.69) is 15.9 Å². The molecular weight excluding hydrogens is 242 g/mol. The average Bonchev–Trinajstić information content (AvgIpc) is 2.07. The summed E-state index contributed by atoms with van der Waals surface area (Å²) in [7, 11) is 1.43. The van der Waals surface area contributed by atoms with Crippen molar-refractivity contribution < 1.29 is 14.5 Å². The zero-order valence-corrected chi connectivity index (χ0v) is 8.32. The second kappa shape index (κ2) is 3.56. The second-order valence-corrected chi connectivity index (χ2v) is 3.01. The topological polar surface area (TPSA) is 82.3 Å². The standard InChI is InChI=1S/C6H7BrN3O3/c1-13-9-3-4(8)5(10(11)12)2-6(9)7/h2-3H,8H2,1H3/q+1. The average molecular weight is 249 g/mol. The maximum atomic E-state index is 10.4. The number of pyridine rings is 1. The summed E-state index contributed by atoms with van der Waals surface area (Å²) in [6.45, 7) is 0. The summed E-state index contributed by atoms with van der Waals surface area (Å²) in [6.07, 6.45) is 1.32. The monoisotopic (exact) mass is 248 g/mol. The molecule has 0 bridgehead atoms. The zero-order valence-electron chi connectivity index (χ0n) is 6.73. The van der Waals surface area contributed by atoms with Gasteiger partial charge in [-0.3, -0.25) is 15.0 Å². The quantitative estimate of drug-likeness (QED) is 0.353. The Morgan fingerprint density at radius 2 is 2.38 bits per heavy atom. The Kier molecular flexibility index (Phi) is 2.66. The van der Waals surface area contributed by atoms with Gasteiger partial charge in [0.05, 0.1) is 4.92 Å². The van der Waals surface area contributed by atoms with Crippen molar-refractivity contribution in [2.45, 2.75) is 0 Å². The molecule has 0 amide bonds. The lowest BCUT2D eigenvalue weighted by Gasteiger charge is -1.96. The second-order valence-electron chi connectivity index (χ2n) is 2.20. The highest BCUT2D eigenvalue weighted by Crippen LogP contribution is 2.21. The fourth-order valence-electron chi connectivity index (χ4n) is 0.812. The zero-order chi connectivity index (χ0) is 10.0. The number of aromatic nitrogens is 1. The number of rotatable bonds is 2. The number of nitrogens with two attached hydrogens (primary N) is 1. The van der Waals surface area contributed by atoms with E-state index in [9.17, 15) is 10.1 Å². The first-order chi connectivity index (χ1) is 6.06. The van der Waals surface area contributed by atoms with Gasteiger partial charge < -0.3 is 5.73 Å². The van der Waals surface area contributed by atoms with Gasteiger partial charge in [-0.1, -0.05) is 0 Å². The van der Waals surface area contributed by atoms with Crippen LogP contribution >= 0.6 is 15.9 Å². The normalized spacial score (nSPS) is 9.69. The van der Waals surface area contributed by atoms with Crippen LogP contribution in [0.25, 0.3) is 0 Å². The van der Waals surface area contributed by atoms with Crippen LogP contribution in [0.2, 0.25) is 0 Å². The van der Waals surface area contributed by atoms with Crippen molar-refractivity contribution in [3.63, 3.8) is 0 Å². The molecular formula is C6H7BrN3O3+. The summed E-state index contributed by atoms with van der Waals surface area (Å²) in [5, 5.41) is 10.4. The molecule has 0 unspecified atom stereocenters. The van der Waals surface area contributed by atoms with Crippen molar-refractivity contribution in [1.82, 2.24) is 0 Å². The fourth-order valence-corrected chi connectivity index (χ4v) is 1.28. The molecule has 1 aromatic heterocycles. The van der Waals surface area contributed by atoms with E-state index >= 15 is 0 Å². The molecule has 13 heavy (non-hydrogen) atoms. The van der Waals surface area contributed by atoms with Crippen molar-refractivity contribution in [3.05, 3.63) is 27.0 Å². The first-order valence-corrected chi connectivity index (χ1v) is 4.05. The molecule has 2 N–H and O–H groups in total. The molecule has 0 saturated carbocycles. The third kappa shape index (κ3) is 1.86. The molecule has 0 aliphatic carbocycles. The number of halogens is 1. The van der Waals surface area contributed by atoms with Gasteiger partial charge in [-0.2, -0.15) is 0 Å². The van der Waals surface area contributed by atoms with E-state index in [0.717, 1.165) is 0 Å². The van der Waals surface area contributed by atoms with E-state index in [4.69, 9.17) is 10.6 Å². The van der Waals surface area contributed by atoms with Crippen molar-refractivity contribution >= 4 is 27.3 Å². The van der Waals surface area contributed by atoms with Crippen LogP contribution in [0, 0.1) is 10.1 Å². The molecule has 1 heterocycles. The molecule has 6 nitrogen and oxygen atoms in total. The molecule has 0 aromatic carbocycles. The lowest BCUT2D eigenvalue weighted by molar-refractivity contribution is -0.893. The third-order valence-electron chi connectivity index (χ3n) is 1.41. The van der Waals surface area contributed by atoms with Gasteiger partial charge in [-0.15, -0.1) is 0 Å². The Hall–Kier alpha value is -1.37. The van der Waals surface area contributed by atoms with Crippen LogP contribution in [0.3, 0.4) is 0 Å². The third-order valence-corrected chi connectivity index (χ3v) is 1.99. The van der Waals surface area contributed by atoms with Gasteiger partial charge in [-0.25, -0.2) is 0 Å². The van der Waals surface area contributed by atoms with Gasteiger partial charge in [0, 0.05) is 20.7 Å². The predicted molar refractivity (Wildman–Crippen MR) is 47.9 cm³/mol. The highest BCUT2D eigenvalue weighted by Gasteiger charge is 2.21. The molecule has 0 saturated heterocycles. The van der Waals surface area contributed by atoms with E-state index in [-0.39, 0.29) is 11.4 Å². The summed E-state index contributed by atoms with van der Waals surface area (Å²) in [5.74, 6) is 0. The molecule has 0 fully saturated rings. The molecule has 0 atom stereocenters. The predicted octanol–water partition coefficient (Wildman–Crippen LogP) is 0.285. The van der Waals surface area contributed by atoms with E-state index in [0.29, 0.717) is 4.60 Å². The fraction of sp³-hybridized carbons (Fsp3) is 0.167. The maximum absolute atomic E-state index is 10.4. The van der Waals surface area contributed by atoms with Crippen molar-refractivity contribution in [1.29, 1.82) is 0 Å². The number of nitrogens with zero attached hydrogens (tertiary/aromatic N) is 2. The molecule has 1 rings (SSSR count). The molecule has 0 aliphatic heterocycles. The highest BCUT2D eigenvalue weighted by molar-refractivity contribution is 9.10. The van der Waals surface area contributed by atoms with Gasteiger partial charge in [0.2, 0.25) is 0 Å². The molecule has 7 heteroatoms. The van der Waals surface area contributed by atoms with Crippen molar-refractivity contribution in [2.75, 3.05) is 12.8 Å². The lowest BCUT2D eigenvalue weighted by Crippen LogP contribution is -2.41. The lowest BCUT2D eigenvalue weighted by atomic mass is 10.4. The van der Waals surface area contributed by atoms with Crippen molar-refractivity contribution in [2.24, 2.45) is 0 Å². The van der Waals surface area contributed by atoms with Crippen LogP contribution in [-0.2, 0) is 0 Å². The van der Waals surface area contributed by atoms with E-state index < -0.39 is 4.92 Å². The molecule has 0 spiro atoms. The number of nitrogen functional groups attached to an aromatic ring is 1. The molecule has 1 aromatic rings. The largest absolute Gasteiger partial charge is 0.388 e. The minimum atomic E-state index is -0.555. The van der Waals surface area contributed by atoms with Gasteiger partial charge in [0.15, 0.2) is 5.69 Å². The minimum Gasteiger partial charge on any atom is -0.388 e. The summed E-state index contributed by atoms with van der Waals surface area (Å²) < 4.78 is 1.71. The minimum absolute atomic E-state index is 0.0510. The number of nitro groups is 1. The molecule has 0 radical (unpaired) electrons. The van der Waals surface area contributed by atoms with E-state index in [1.807, 2.05) is 0 Å². The first-order valence-electron chi connectivity index (χ1n) is 3.26. The van der Waals surface area contributed by atoms with Gasteiger partial charge in [-0.05, 0) is 0 Å². The Morgan fingerprint density at radius 1 is 1.77 bits per heavy atom. The summed E-state index contributed by atoms with van der Waals surface area (Å²) in [4.78, 5) is 14.7. The first kappa shape index (κ1) is 9.72. The molecule has 0 aliphatic rings. The van der Waals surface area contributed by atoms with Crippen LogP contribution in [0.4, 0.5) is 11.4 Å². The Bertz CT molecular complexity index is 355. The summed E-state index contributed by atoms with van der Waals surface area (Å²) in [5.41, 5.74) is 5.30. The number of hydrogen-bond donors (Lipinski definition) is 1. The van der Waals surface area contributed by atoms with E-state index in [1.54, 1.807) is 0 Å². The van der Waals surface area contributed by atoms with Crippen LogP contribution in [-0.4, -0.2) is 12.0 Å². The highest BCUT2D eigenvalue weighted by atomic mass is 79.9. The SMILES string of the molecule is CO[n+]1cc(N)c([N+](=O)[O-])cc1Br. The van der Waals surface area contributed by atoms with Gasteiger partial charge in [0.1, 0.15) is 13.2 Å². The Labute approximate surface area is 82.2 Å². The van der Waals surface area contributed by atoms with Crippen LogP contribution in [0.5, 0.6) is 0 Å². The number of hydrogen-bond acceptors (Lipinski definition) is 4. The van der Waals surface area contributed by atoms with Crippen LogP contribution in [0.1, 0.15) is 0 Å². The van der Waals surface area contributed by atoms with Crippen LogP contribution in [0.15, 0.2) is 16.9 Å². The van der Waals surface area contributed by atoms with Gasteiger partial charge in [0.25, 0.3) is 6.20 Å². The Morgan fingerprint density at radius 3 is 2.85 bits per heavy atom.